The first kappa shape index (κ1) is 13.9. The van der Waals surface area contributed by atoms with Crippen molar-refractivity contribution in [3.63, 3.8) is 0 Å². The Balaban J connectivity index is 1.98. The standard InChI is InChI=1S/C17H23NO/c1-4-14-7-9-15(10-8-14)17(5-2)18-12-16-11-6-13(3)19-16/h6-11,17-18H,4-5,12H2,1-3H3. The summed E-state index contributed by atoms with van der Waals surface area (Å²) in [4.78, 5) is 0. The normalized spacial score (nSPS) is 12.6. The SMILES string of the molecule is CCc1ccc(C(CC)NCc2ccc(C)o2)cc1. The number of rotatable bonds is 6. The fourth-order valence-electron chi connectivity index (χ4n) is 2.29. The van der Waals surface area contributed by atoms with Crippen molar-refractivity contribution in [2.45, 2.75) is 46.2 Å². The van der Waals surface area contributed by atoms with Crippen LogP contribution in [-0.4, -0.2) is 0 Å². The van der Waals surface area contributed by atoms with Crippen LogP contribution in [0.15, 0.2) is 40.8 Å². The van der Waals surface area contributed by atoms with Gasteiger partial charge < -0.3 is 9.73 Å². The van der Waals surface area contributed by atoms with Gasteiger partial charge in [0.2, 0.25) is 0 Å². The zero-order valence-corrected chi connectivity index (χ0v) is 12.1. The molecule has 1 aromatic heterocycles. The summed E-state index contributed by atoms with van der Waals surface area (Å²) >= 11 is 0. The molecule has 0 bridgehead atoms. The summed E-state index contributed by atoms with van der Waals surface area (Å²) in [5.41, 5.74) is 2.74. The van der Waals surface area contributed by atoms with E-state index in [4.69, 9.17) is 4.42 Å². The van der Waals surface area contributed by atoms with E-state index in [1.54, 1.807) is 0 Å². The fourth-order valence-corrected chi connectivity index (χ4v) is 2.29. The first-order chi connectivity index (χ1) is 9.22. The van der Waals surface area contributed by atoms with Crippen LogP contribution in [0.5, 0.6) is 0 Å². The maximum absolute atomic E-state index is 5.59. The molecular formula is C17H23NO. The van der Waals surface area contributed by atoms with Gasteiger partial charge in [-0.3, -0.25) is 0 Å². The smallest absolute Gasteiger partial charge is 0.117 e. The lowest BCUT2D eigenvalue weighted by atomic mass is 10.0. The number of hydrogen-bond donors (Lipinski definition) is 1. The predicted octanol–water partition coefficient (Wildman–Crippen LogP) is 4.39. The minimum absolute atomic E-state index is 0.385. The molecule has 0 amide bonds. The second-order valence-electron chi connectivity index (χ2n) is 4.95. The first-order valence-corrected chi connectivity index (χ1v) is 7.10. The van der Waals surface area contributed by atoms with Crippen molar-refractivity contribution in [1.29, 1.82) is 0 Å². The van der Waals surface area contributed by atoms with Crippen LogP contribution < -0.4 is 5.32 Å². The van der Waals surface area contributed by atoms with Gasteiger partial charge in [-0.1, -0.05) is 38.1 Å². The third-order valence-corrected chi connectivity index (χ3v) is 3.52. The molecule has 0 radical (unpaired) electrons. The monoisotopic (exact) mass is 257 g/mol. The number of benzene rings is 1. The Morgan fingerprint density at radius 1 is 1.05 bits per heavy atom. The van der Waals surface area contributed by atoms with Crippen molar-refractivity contribution in [3.8, 4) is 0 Å². The Morgan fingerprint density at radius 3 is 2.32 bits per heavy atom. The molecule has 102 valence electrons. The molecule has 19 heavy (non-hydrogen) atoms. The first-order valence-electron chi connectivity index (χ1n) is 7.10. The average molecular weight is 257 g/mol. The van der Waals surface area contributed by atoms with Gasteiger partial charge in [-0.05, 0) is 43.0 Å². The molecule has 1 atom stereocenters. The molecule has 1 unspecified atom stereocenters. The molecule has 0 saturated heterocycles. The number of hydrogen-bond acceptors (Lipinski definition) is 2. The highest BCUT2D eigenvalue weighted by molar-refractivity contribution is 5.25. The Labute approximate surface area is 115 Å². The van der Waals surface area contributed by atoms with Crippen molar-refractivity contribution in [1.82, 2.24) is 5.32 Å². The maximum atomic E-state index is 5.59. The number of furan rings is 1. The van der Waals surface area contributed by atoms with E-state index in [0.29, 0.717) is 6.04 Å². The molecule has 0 fully saturated rings. The van der Waals surface area contributed by atoms with Crippen LogP contribution >= 0.6 is 0 Å². The molecular weight excluding hydrogens is 234 g/mol. The van der Waals surface area contributed by atoms with Gasteiger partial charge in [-0.15, -0.1) is 0 Å². The highest BCUT2D eigenvalue weighted by Crippen LogP contribution is 2.18. The van der Waals surface area contributed by atoms with Crippen molar-refractivity contribution < 1.29 is 4.42 Å². The zero-order chi connectivity index (χ0) is 13.7. The summed E-state index contributed by atoms with van der Waals surface area (Å²) in [5, 5.41) is 3.56. The predicted molar refractivity (Wildman–Crippen MR) is 79.1 cm³/mol. The summed E-state index contributed by atoms with van der Waals surface area (Å²) in [6, 6.07) is 13.3. The molecule has 1 heterocycles. The molecule has 2 heteroatoms. The molecule has 1 aromatic carbocycles. The van der Waals surface area contributed by atoms with Gasteiger partial charge in [0.05, 0.1) is 6.54 Å². The van der Waals surface area contributed by atoms with E-state index in [-0.39, 0.29) is 0 Å². The Hall–Kier alpha value is -1.54. The van der Waals surface area contributed by atoms with E-state index in [1.165, 1.54) is 11.1 Å². The van der Waals surface area contributed by atoms with Crippen LogP contribution in [0.4, 0.5) is 0 Å². The van der Waals surface area contributed by atoms with Crippen LogP contribution in [0.2, 0.25) is 0 Å². The molecule has 1 N–H and O–H groups in total. The highest BCUT2D eigenvalue weighted by Gasteiger charge is 2.09. The molecule has 0 aliphatic heterocycles. The summed E-state index contributed by atoms with van der Waals surface area (Å²) in [6.07, 6.45) is 2.17. The summed E-state index contributed by atoms with van der Waals surface area (Å²) in [5.74, 6) is 1.97. The van der Waals surface area contributed by atoms with Crippen LogP contribution in [0.25, 0.3) is 0 Å². The van der Waals surface area contributed by atoms with Gasteiger partial charge in [-0.2, -0.15) is 0 Å². The van der Waals surface area contributed by atoms with E-state index < -0.39 is 0 Å². The number of aryl methyl sites for hydroxylation is 2. The van der Waals surface area contributed by atoms with Crippen molar-refractivity contribution in [2.24, 2.45) is 0 Å². The molecule has 2 rings (SSSR count). The molecule has 0 spiro atoms. The molecule has 0 aliphatic carbocycles. The summed E-state index contributed by atoms with van der Waals surface area (Å²) in [7, 11) is 0. The van der Waals surface area contributed by atoms with Crippen LogP contribution in [0.1, 0.15) is 49.0 Å². The summed E-state index contributed by atoms with van der Waals surface area (Å²) < 4.78 is 5.59. The molecule has 2 nitrogen and oxygen atoms in total. The van der Waals surface area contributed by atoms with Crippen molar-refractivity contribution in [2.75, 3.05) is 0 Å². The minimum atomic E-state index is 0.385. The fraction of sp³-hybridized carbons (Fsp3) is 0.412. The third-order valence-electron chi connectivity index (χ3n) is 3.52. The van der Waals surface area contributed by atoms with Gasteiger partial charge in [0.15, 0.2) is 0 Å². The quantitative estimate of drug-likeness (QED) is 0.830. The topological polar surface area (TPSA) is 25.2 Å². The molecule has 0 aliphatic rings. The Morgan fingerprint density at radius 2 is 1.79 bits per heavy atom. The third kappa shape index (κ3) is 3.71. The maximum Gasteiger partial charge on any atom is 0.117 e. The van der Waals surface area contributed by atoms with Gasteiger partial charge in [0, 0.05) is 6.04 Å². The van der Waals surface area contributed by atoms with E-state index in [1.807, 2.05) is 19.1 Å². The summed E-state index contributed by atoms with van der Waals surface area (Å²) in [6.45, 7) is 7.15. The van der Waals surface area contributed by atoms with Crippen LogP contribution in [-0.2, 0) is 13.0 Å². The second-order valence-corrected chi connectivity index (χ2v) is 4.95. The number of nitrogens with one attached hydrogen (secondary N) is 1. The lowest BCUT2D eigenvalue weighted by Gasteiger charge is -2.17. The van der Waals surface area contributed by atoms with E-state index in [2.05, 4.69) is 43.4 Å². The van der Waals surface area contributed by atoms with Gasteiger partial charge >= 0.3 is 0 Å². The van der Waals surface area contributed by atoms with Crippen molar-refractivity contribution in [3.05, 3.63) is 59.0 Å². The highest BCUT2D eigenvalue weighted by atomic mass is 16.3. The van der Waals surface area contributed by atoms with E-state index >= 15 is 0 Å². The van der Waals surface area contributed by atoms with E-state index in [0.717, 1.165) is 30.9 Å². The lowest BCUT2D eigenvalue weighted by molar-refractivity contribution is 0.431. The zero-order valence-electron chi connectivity index (χ0n) is 12.1. The van der Waals surface area contributed by atoms with Gasteiger partial charge in [0.1, 0.15) is 11.5 Å². The van der Waals surface area contributed by atoms with Crippen molar-refractivity contribution >= 4 is 0 Å². The Kier molecular flexibility index (Phi) is 4.80. The largest absolute Gasteiger partial charge is 0.465 e. The second kappa shape index (κ2) is 6.58. The Bertz CT molecular complexity index is 498. The molecule has 0 saturated carbocycles. The molecule has 2 aromatic rings. The van der Waals surface area contributed by atoms with E-state index in [9.17, 15) is 0 Å². The van der Waals surface area contributed by atoms with Gasteiger partial charge in [-0.25, -0.2) is 0 Å². The van der Waals surface area contributed by atoms with Crippen LogP contribution in [0.3, 0.4) is 0 Å². The van der Waals surface area contributed by atoms with Gasteiger partial charge in [0.25, 0.3) is 0 Å². The van der Waals surface area contributed by atoms with Crippen LogP contribution in [0, 0.1) is 6.92 Å². The minimum Gasteiger partial charge on any atom is -0.465 e. The average Bonchev–Trinajstić information content (AvgIpc) is 2.86. The lowest BCUT2D eigenvalue weighted by Crippen LogP contribution is -2.20.